The van der Waals surface area contributed by atoms with Crippen LogP contribution in [0.1, 0.15) is 34.3 Å². The minimum absolute atomic E-state index is 0.124. The second-order valence-corrected chi connectivity index (χ2v) is 7.54. The fourth-order valence-corrected chi connectivity index (χ4v) is 3.48. The van der Waals surface area contributed by atoms with E-state index in [9.17, 15) is 24.8 Å². The maximum Gasteiger partial charge on any atom is 0.270 e. The molecule has 0 atom stereocenters. The number of nitro groups is 1. The van der Waals surface area contributed by atoms with E-state index < -0.39 is 10.8 Å². The van der Waals surface area contributed by atoms with Gasteiger partial charge in [0, 0.05) is 43.9 Å². The van der Waals surface area contributed by atoms with Gasteiger partial charge < -0.3 is 15.7 Å². The Balaban J connectivity index is 1.49. The number of benzene rings is 2. The van der Waals surface area contributed by atoms with Crippen molar-refractivity contribution < 1.29 is 19.6 Å². The van der Waals surface area contributed by atoms with Gasteiger partial charge in [-0.1, -0.05) is 30.3 Å². The van der Waals surface area contributed by atoms with Crippen molar-refractivity contribution >= 4 is 17.5 Å². The Morgan fingerprint density at radius 2 is 1.77 bits per heavy atom. The van der Waals surface area contributed by atoms with Crippen LogP contribution in [0.5, 0.6) is 0 Å². The molecule has 9 heteroatoms. The lowest BCUT2D eigenvalue weighted by Crippen LogP contribution is -2.37. The normalized spacial score (nSPS) is 14.7. The van der Waals surface area contributed by atoms with Gasteiger partial charge in [-0.05, 0) is 30.0 Å². The molecular formula is C22H26N4O5. The molecule has 0 aromatic heterocycles. The van der Waals surface area contributed by atoms with E-state index in [1.54, 1.807) is 0 Å². The summed E-state index contributed by atoms with van der Waals surface area (Å²) in [6.45, 7) is 2.53. The fourth-order valence-electron chi connectivity index (χ4n) is 3.48. The Morgan fingerprint density at radius 1 is 1.06 bits per heavy atom. The summed E-state index contributed by atoms with van der Waals surface area (Å²) < 4.78 is 0. The largest absolute Gasteiger partial charge is 0.393 e. The van der Waals surface area contributed by atoms with Crippen LogP contribution in [0.4, 0.5) is 5.69 Å². The first-order valence-corrected chi connectivity index (χ1v) is 10.2. The van der Waals surface area contributed by atoms with E-state index in [-0.39, 0.29) is 29.8 Å². The highest BCUT2D eigenvalue weighted by Crippen LogP contribution is 2.17. The van der Waals surface area contributed by atoms with Crippen LogP contribution >= 0.6 is 0 Å². The third-order valence-electron chi connectivity index (χ3n) is 5.27. The number of rotatable bonds is 8. The predicted molar refractivity (Wildman–Crippen MR) is 114 cm³/mol. The van der Waals surface area contributed by atoms with E-state index in [1.165, 1.54) is 24.3 Å². The predicted octanol–water partition coefficient (Wildman–Crippen LogP) is 1.60. The van der Waals surface area contributed by atoms with E-state index in [0.29, 0.717) is 6.54 Å². The average molecular weight is 426 g/mol. The molecule has 164 valence electrons. The number of nitrogens with one attached hydrogen (secondary N) is 2. The molecule has 0 saturated carbocycles. The van der Waals surface area contributed by atoms with Crippen molar-refractivity contribution in [3.05, 3.63) is 75.3 Å². The zero-order chi connectivity index (χ0) is 22.2. The van der Waals surface area contributed by atoms with Crippen molar-refractivity contribution in [3.63, 3.8) is 0 Å². The van der Waals surface area contributed by atoms with Gasteiger partial charge in [0.15, 0.2) is 0 Å². The Morgan fingerprint density at radius 3 is 2.48 bits per heavy atom. The van der Waals surface area contributed by atoms with Crippen LogP contribution in [0.2, 0.25) is 0 Å². The summed E-state index contributed by atoms with van der Waals surface area (Å²) in [7, 11) is 0. The van der Waals surface area contributed by atoms with Crippen molar-refractivity contribution in [2.24, 2.45) is 0 Å². The zero-order valence-electron chi connectivity index (χ0n) is 17.1. The maximum atomic E-state index is 12.2. The van der Waals surface area contributed by atoms with E-state index in [1.807, 2.05) is 24.3 Å². The van der Waals surface area contributed by atoms with Gasteiger partial charge >= 0.3 is 0 Å². The molecule has 1 aliphatic heterocycles. The van der Waals surface area contributed by atoms with Crippen LogP contribution in [0.25, 0.3) is 0 Å². The molecule has 2 amide bonds. The summed E-state index contributed by atoms with van der Waals surface area (Å²) in [6, 6.07) is 13.2. The topological polar surface area (TPSA) is 125 Å². The summed E-state index contributed by atoms with van der Waals surface area (Å²) in [6.07, 6.45) is 1.31. The lowest BCUT2D eigenvalue weighted by molar-refractivity contribution is -0.384. The minimum atomic E-state index is -0.576. The molecule has 0 bridgehead atoms. The van der Waals surface area contributed by atoms with Gasteiger partial charge in [-0.2, -0.15) is 0 Å². The summed E-state index contributed by atoms with van der Waals surface area (Å²) in [5.74, 6) is -0.902. The number of piperidine rings is 1. The Hall–Kier alpha value is -3.30. The molecule has 2 aromatic carbocycles. The van der Waals surface area contributed by atoms with E-state index in [4.69, 9.17) is 0 Å². The lowest BCUT2D eigenvalue weighted by Gasteiger charge is -2.30. The number of aliphatic hydroxyl groups is 1. The SMILES string of the molecule is O=C(CNC(=O)c1cccc([N+](=O)[O-])c1)NCc1ccccc1CN1CCC(O)CC1. The molecule has 1 saturated heterocycles. The molecule has 0 radical (unpaired) electrons. The number of non-ortho nitro benzene ring substituents is 1. The first-order valence-electron chi connectivity index (χ1n) is 10.2. The molecule has 9 nitrogen and oxygen atoms in total. The molecule has 1 heterocycles. The van der Waals surface area contributed by atoms with Crippen molar-refractivity contribution in [2.75, 3.05) is 19.6 Å². The Bertz CT molecular complexity index is 941. The standard InChI is InChI=1S/C22H26N4O5/c27-20-8-10-25(11-9-20)15-18-5-2-1-4-17(18)13-23-21(28)14-24-22(29)16-6-3-7-19(12-16)26(30)31/h1-7,12,20,27H,8-11,13-15H2,(H,23,28)(H,24,29). The van der Waals surface area contributed by atoms with Crippen molar-refractivity contribution in [2.45, 2.75) is 32.0 Å². The van der Waals surface area contributed by atoms with Crippen LogP contribution in [0.3, 0.4) is 0 Å². The number of nitro benzene ring substituents is 1. The molecule has 2 aromatic rings. The highest BCUT2D eigenvalue weighted by atomic mass is 16.6. The van der Waals surface area contributed by atoms with Crippen molar-refractivity contribution in [3.8, 4) is 0 Å². The maximum absolute atomic E-state index is 12.2. The van der Waals surface area contributed by atoms with Crippen LogP contribution < -0.4 is 10.6 Å². The first kappa shape index (κ1) is 22.4. The highest BCUT2D eigenvalue weighted by Gasteiger charge is 2.18. The third-order valence-corrected chi connectivity index (χ3v) is 5.27. The molecule has 1 aliphatic rings. The van der Waals surface area contributed by atoms with Crippen LogP contribution in [0.15, 0.2) is 48.5 Å². The fraction of sp³-hybridized carbons (Fsp3) is 0.364. The van der Waals surface area contributed by atoms with Gasteiger partial charge in [0.1, 0.15) is 0 Å². The number of nitrogens with zero attached hydrogens (tertiary/aromatic N) is 2. The summed E-state index contributed by atoms with van der Waals surface area (Å²) in [5.41, 5.74) is 2.04. The van der Waals surface area contributed by atoms with Gasteiger partial charge in [0.05, 0.1) is 17.6 Å². The van der Waals surface area contributed by atoms with E-state index in [2.05, 4.69) is 15.5 Å². The number of carbonyl (C=O) groups excluding carboxylic acids is 2. The van der Waals surface area contributed by atoms with Crippen molar-refractivity contribution in [1.82, 2.24) is 15.5 Å². The molecule has 0 aliphatic carbocycles. The molecule has 0 unspecified atom stereocenters. The number of hydrogen-bond acceptors (Lipinski definition) is 6. The summed E-state index contributed by atoms with van der Waals surface area (Å²) in [4.78, 5) is 36.9. The number of amides is 2. The van der Waals surface area contributed by atoms with Gasteiger partial charge in [-0.15, -0.1) is 0 Å². The average Bonchev–Trinajstić information content (AvgIpc) is 2.78. The second-order valence-electron chi connectivity index (χ2n) is 7.54. The van der Waals surface area contributed by atoms with Gasteiger partial charge in [-0.25, -0.2) is 0 Å². The van der Waals surface area contributed by atoms with Crippen LogP contribution in [-0.2, 0) is 17.9 Å². The first-order chi connectivity index (χ1) is 14.9. The number of likely N-dealkylation sites (tertiary alicyclic amines) is 1. The summed E-state index contributed by atoms with van der Waals surface area (Å²) in [5, 5.41) is 25.8. The summed E-state index contributed by atoms with van der Waals surface area (Å²) >= 11 is 0. The molecular weight excluding hydrogens is 400 g/mol. The second kappa shape index (κ2) is 10.6. The minimum Gasteiger partial charge on any atom is -0.393 e. The Labute approximate surface area is 180 Å². The van der Waals surface area contributed by atoms with Crippen LogP contribution in [0, 0.1) is 10.1 Å². The molecule has 0 spiro atoms. The van der Waals surface area contributed by atoms with Gasteiger partial charge in [0.25, 0.3) is 11.6 Å². The Kier molecular flexibility index (Phi) is 7.69. The third kappa shape index (κ3) is 6.59. The number of carbonyl (C=O) groups is 2. The molecule has 3 N–H and O–H groups in total. The zero-order valence-corrected chi connectivity index (χ0v) is 17.1. The number of aliphatic hydroxyl groups excluding tert-OH is 1. The monoisotopic (exact) mass is 426 g/mol. The van der Waals surface area contributed by atoms with E-state index >= 15 is 0 Å². The molecule has 1 fully saturated rings. The van der Waals surface area contributed by atoms with Crippen LogP contribution in [-0.4, -0.2) is 52.5 Å². The molecule has 31 heavy (non-hydrogen) atoms. The highest BCUT2D eigenvalue weighted by molar-refractivity contribution is 5.96. The quantitative estimate of drug-likeness (QED) is 0.435. The number of hydrogen-bond donors (Lipinski definition) is 3. The lowest BCUT2D eigenvalue weighted by atomic mass is 10.0. The van der Waals surface area contributed by atoms with Gasteiger partial charge in [0.2, 0.25) is 5.91 Å². The van der Waals surface area contributed by atoms with Crippen molar-refractivity contribution in [1.29, 1.82) is 0 Å². The molecule has 3 rings (SSSR count). The van der Waals surface area contributed by atoms with E-state index in [0.717, 1.165) is 43.6 Å². The van der Waals surface area contributed by atoms with Gasteiger partial charge in [-0.3, -0.25) is 24.6 Å². The smallest absolute Gasteiger partial charge is 0.270 e.